The lowest BCUT2D eigenvalue weighted by Gasteiger charge is -2.37. The first kappa shape index (κ1) is 17.6. The maximum atomic E-state index is 5.57. The van der Waals surface area contributed by atoms with Crippen LogP contribution in [-0.2, 0) is 6.54 Å². The predicted molar refractivity (Wildman–Crippen MR) is 112 cm³/mol. The minimum atomic E-state index is 0.697. The predicted octanol–water partition coefficient (Wildman–Crippen LogP) is 2.53. The summed E-state index contributed by atoms with van der Waals surface area (Å²) in [6.45, 7) is 6.29. The van der Waals surface area contributed by atoms with Crippen LogP contribution in [0.15, 0.2) is 49.1 Å². The summed E-state index contributed by atoms with van der Waals surface area (Å²) >= 11 is 5.57. The molecule has 1 aromatic carbocycles. The van der Waals surface area contributed by atoms with Gasteiger partial charge in [0.1, 0.15) is 12.1 Å². The number of aromatic nitrogens is 3. The average Bonchev–Trinajstić information content (AvgIpc) is 2.72. The second kappa shape index (κ2) is 7.84. The highest BCUT2D eigenvalue weighted by atomic mass is 32.1. The number of fused-ring (bicyclic) bond motifs is 1. The molecule has 0 bridgehead atoms. The smallest absolute Gasteiger partial charge is 0.169 e. The second-order valence-corrected chi connectivity index (χ2v) is 7.10. The maximum Gasteiger partial charge on any atom is 0.169 e. The molecule has 0 spiro atoms. The highest BCUT2D eigenvalue weighted by molar-refractivity contribution is 7.80. The van der Waals surface area contributed by atoms with Gasteiger partial charge in [-0.1, -0.05) is 12.1 Å². The number of nitrogens with zero attached hydrogens (tertiary/aromatic N) is 5. The van der Waals surface area contributed by atoms with Crippen LogP contribution in [0.25, 0.3) is 10.9 Å². The van der Waals surface area contributed by atoms with Crippen LogP contribution < -0.4 is 10.2 Å². The second-order valence-electron chi connectivity index (χ2n) is 6.71. The van der Waals surface area contributed by atoms with Crippen molar-refractivity contribution in [1.82, 2.24) is 25.2 Å². The molecule has 0 amide bonds. The fourth-order valence-corrected chi connectivity index (χ4v) is 3.57. The van der Waals surface area contributed by atoms with Gasteiger partial charge < -0.3 is 15.1 Å². The van der Waals surface area contributed by atoms with Gasteiger partial charge in [-0.05, 0) is 48.5 Å². The molecular weight excluding hydrogens is 356 g/mol. The summed E-state index contributed by atoms with van der Waals surface area (Å²) in [5.74, 6) is 1.01. The van der Waals surface area contributed by atoms with Gasteiger partial charge in [-0.2, -0.15) is 0 Å². The van der Waals surface area contributed by atoms with E-state index in [-0.39, 0.29) is 0 Å². The first-order valence-corrected chi connectivity index (χ1v) is 9.49. The molecule has 3 heterocycles. The molecular formula is C20H22N6S. The highest BCUT2D eigenvalue weighted by Gasteiger charge is 2.21. The van der Waals surface area contributed by atoms with Crippen molar-refractivity contribution < 1.29 is 0 Å². The Labute approximate surface area is 164 Å². The molecule has 1 aliphatic rings. The van der Waals surface area contributed by atoms with E-state index in [2.05, 4.69) is 55.2 Å². The van der Waals surface area contributed by atoms with Crippen molar-refractivity contribution in [2.45, 2.75) is 13.5 Å². The van der Waals surface area contributed by atoms with Crippen LogP contribution in [0.5, 0.6) is 0 Å². The Balaban J connectivity index is 1.38. The van der Waals surface area contributed by atoms with Crippen molar-refractivity contribution in [3.05, 3.63) is 60.2 Å². The Morgan fingerprint density at radius 1 is 1.15 bits per heavy atom. The van der Waals surface area contributed by atoms with Gasteiger partial charge in [-0.15, -0.1) is 0 Å². The molecule has 0 saturated carbocycles. The van der Waals surface area contributed by atoms with Gasteiger partial charge in [0.15, 0.2) is 5.11 Å². The normalized spacial score (nSPS) is 14.4. The lowest BCUT2D eigenvalue weighted by Crippen LogP contribution is -2.51. The van der Waals surface area contributed by atoms with Gasteiger partial charge in [0.2, 0.25) is 0 Å². The maximum absolute atomic E-state index is 5.57. The van der Waals surface area contributed by atoms with Crippen LogP contribution in [0.4, 0.5) is 5.82 Å². The zero-order valence-electron chi connectivity index (χ0n) is 15.3. The molecule has 138 valence electrons. The average molecular weight is 379 g/mol. The van der Waals surface area contributed by atoms with Gasteiger partial charge in [-0.25, -0.2) is 9.97 Å². The number of pyridine rings is 1. The van der Waals surface area contributed by atoms with Crippen molar-refractivity contribution in [3.63, 3.8) is 0 Å². The molecule has 6 nitrogen and oxygen atoms in total. The molecule has 1 N–H and O–H groups in total. The van der Waals surface area contributed by atoms with Crippen molar-refractivity contribution >= 4 is 34.1 Å². The summed E-state index contributed by atoms with van der Waals surface area (Å²) in [5, 5.41) is 5.23. The minimum absolute atomic E-state index is 0.697. The topological polar surface area (TPSA) is 57.2 Å². The van der Waals surface area contributed by atoms with Crippen molar-refractivity contribution in [2.75, 3.05) is 31.1 Å². The van der Waals surface area contributed by atoms with Gasteiger partial charge in [0, 0.05) is 50.5 Å². The number of piperazine rings is 1. The Bertz CT molecular complexity index is 938. The van der Waals surface area contributed by atoms with E-state index in [1.54, 1.807) is 12.5 Å². The van der Waals surface area contributed by atoms with Gasteiger partial charge >= 0.3 is 0 Å². The number of anilines is 1. The van der Waals surface area contributed by atoms with E-state index in [4.69, 9.17) is 12.2 Å². The van der Waals surface area contributed by atoms with Gasteiger partial charge in [0.05, 0.1) is 5.52 Å². The molecule has 1 saturated heterocycles. The van der Waals surface area contributed by atoms with E-state index in [9.17, 15) is 0 Å². The van der Waals surface area contributed by atoms with Gasteiger partial charge in [-0.3, -0.25) is 4.98 Å². The van der Waals surface area contributed by atoms with Crippen molar-refractivity contribution in [1.29, 1.82) is 0 Å². The number of aryl methyl sites for hydroxylation is 1. The lowest BCUT2D eigenvalue weighted by atomic mass is 10.1. The summed E-state index contributed by atoms with van der Waals surface area (Å²) in [5.41, 5.74) is 3.33. The van der Waals surface area contributed by atoms with Crippen LogP contribution >= 0.6 is 12.2 Å². The molecule has 1 fully saturated rings. The summed E-state index contributed by atoms with van der Waals surface area (Å²) in [4.78, 5) is 17.6. The minimum Gasteiger partial charge on any atom is -0.358 e. The van der Waals surface area contributed by atoms with E-state index in [1.165, 1.54) is 5.56 Å². The number of rotatable bonds is 3. The largest absolute Gasteiger partial charge is 0.358 e. The summed E-state index contributed by atoms with van der Waals surface area (Å²) in [7, 11) is 0. The Morgan fingerprint density at radius 2 is 2.00 bits per heavy atom. The van der Waals surface area contributed by atoms with Crippen molar-refractivity contribution in [3.8, 4) is 0 Å². The molecule has 0 unspecified atom stereocenters. The van der Waals surface area contributed by atoms with Crippen LogP contribution in [-0.4, -0.2) is 51.1 Å². The molecule has 2 aromatic heterocycles. The Hall–Kier alpha value is -2.80. The zero-order valence-corrected chi connectivity index (χ0v) is 16.1. The molecule has 0 radical (unpaired) electrons. The Kier molecular flexibility index (Phi) is 5.11. The molecule has 1 aliphatic heterocycles. The summed E-state index contributed by atoms with van der Waals surface area (Å²) in [6.07, 6.45) is 5.29. The number of hydrogen-bond donors (Lipinski definition) is 1. The molecule has 7 heteroatoms. The number of nitrogens with one attached hydrogen (secondary N) is 1. The van der Waals surface area contributed by atoms with E-state index in [0.717, 1.165) is 53.6 Å². The first-order chi connectivity index (χ1) is 13.2. The van der Waals surface area contributed by atoms with Gasteiger partial charge in [0.25, 0.3) is 0 Å². The SMILES string of the molecule is Cc1ccc2c(N3CCN(C(=S)NCc4cccnc4)CC3)ncnc2c1. The lowest BCUT2D eigenvalue weighted by molar-refractivity contribution is 0.379. The molecule has 0 atom stereocenters. The zero-order chi connectivity index (χ0) is 18.6. The third-order valence-electron chi connectivity index (χ3n) is 4.80. The number of benzene rings is 1. The summed E-state index contributed by atoms with van der Waals surface area (Å²) < 4.78 is 0. The monoisotopic (exact) mass is 378 g/mol. The fraction of sp³-hybridized carbons (Fsp3) is 0.300. The van der Waals surface area contributed by atoms with Crippen molar-refractivity contribution in [2.24, 2.45) is 0 Å². The van der Waals surface area contributed by atoms with E-state index in [1.807, 2.05) is 18.3 Å². The van der Waals surface area contributed by atoms with E-state index in [0.29, 0.717) is 6.54 Å². The fourth-order valence-electron chi connectivity index (χ4n) is 3.32. The van der Waals surface area contributed by atoms with Crippen LogP contribution in [0.2, 0.25) is 0 Å². The summed E-state index contributed by atoms with van der Waals surface area (Å²) in [6, 6.07) is 10.3. The third-order valence-corrected chi connectivity index (χ3v) is 5.21. The van der Waals surface area contributed by atoms with Crippen LogP contribution in [0, 0.1) is 6.92 Å². The first-order valence-electron chi connectivity index (χ1n) is 9.09. The molecule has 0 aliphatic carbocycles. The highest BCUT2D eigenvalue weighted by Crippen LogP contribution is 2.24. The molecule has 3 aromatic rings. The quantitative estimate of drug-likeness (QED) is 0.703. The van der Waals surface area contributed by atoms with Crippen LogP contribution in [0.1, 0.15) is 11.1 Å². The number of hydrogen-bond acceptors (Lipinski definition) is 5. The molecule has 27 heavy (non-hydrogen) atoms. The van der Waals surface area contributed by atoms with E-state index < -0.39 is 0 Å². The van der Waals surface area contributed by atoms with Crippen LogP contribution in [0.3, 0.4) is 0 Å². The number of thiocarbonyl (C=S) groups is 1. The standard InChI is InChI=1S/C20H22N6S/c1-15-4-5-17-18(11-15)23-14-24-19(17)25-7-9-26(10-8-25)20(27)22-13-16-3-2-6-21-12-16/h2-6,11-12,14H,7-10,13H2,1H3,(H,22,27). The third kappa shape index (κ3) is 3.98. The Morgan fingerprint density at radius 3 is 2.78 bits per heavy atom. The molecule has 4 rings (SSSR count). The van der Waals surface area contributed by atoms with E-state index >= 15 is 0 Å².